The second kappa shape index (κ2) is 9.28. The number of nitrogens with one attached hydrogen (secondary N) is 2. The molecule has 1 aromatic rings. The van der Waals surface area contributed by atoms with Gasteiger partial charge in [0.05, 0.1) is 18.2 Å². The van der Waals surface area contributed by atoms with Crippen LogP contribution in [0.25, 0.3) is 0 Å². The minimum atomic E-state index is -0.134. The number of hydrogen-bond acceptors (Lipinski definition) is 4. The Labute approximate surface area is 150 Å². The molecular weight excluding hydrogens is 320 g/mol. The van der Waals surface area contributed by atoms with Crippen molar-refractivity contribution in [3.05, 3.63) is 17.5 Å². The molecule has 0 saturated carbocycles. The average Bonchev–Trinajstić information content (AvgIpc) is 3.15. The molecule has 1 unspecified atom stereocenters. The molecule has 0 bridgehead atoms. The molecule has 1 saturated heterocycles. The number of piperidine rings is 1. The van der Waals surface area contributed by atoms with Crippen molar-refractivity contribution in [2.24, 2.45) is 10.4 Å². The first-order chi connectivity index (χ1) is 11.6. The van der Waals surface area contributed by atoms with E-state index in [4.69, 9.17) is 4.99 Å². The lowest BCUT2D eigenvalue weighted by molar-refractivity contribution is 0.145. The van der Waals surface area contributed by atoms with Gasteiger partial charge >= 0.3 is 0 Å². The molecule has 2 rings (SSSR count). The van der Waals surface area contributed by atoms with Crippen LogP contribution in [0.4, 0.5) is 5.00 Å². The van der Waals surface area contributed by atoms with Gasteiger partial charge in [0, 0.05) is 31.1 Å². The summed E-state index contributed by atoms with van der Waals surface area (Å²) in [5.41, 5.74) is -0.134. The quantitative estimate of drug-likeness (QED) is 0.522. The first-order valence-electron chi connectivity index (χ1n) is 9.04. The first-order valence-corrected chi connectivity index (χ1v) is 9.92. The highest BCUT2D eigenvalue weighted by Gasteiger charge is 2.23. The van der Waals surface area contributed by atoms with Gasteiger partial charge in [-0.3, -0.25) is 4.99 Å². The van der Waals surface area contributed by atoms with E-state index in [1.54, 1.807) is 0 Å². The lowest BCUT2D eigenvalue weighted by atomic mass is 9.89. The Morgan fingerprint density at radius 3 is 2.71 bits per heavy atom. The minimum absolute atomic E-state index is 0.134. The van der Waals surface area contributed by atoms with E-state index < -0.39 is 0 Å². The summed E-state index contributed by atoms with van der Waals surface area (Å²) in [7, 11) is 0. The maximum absolute atomic E-state index is 9.55. The van der Waals surface area contributed by atoms with Gasteiger partial charge in [-0.2, -0.15) is 0 Å². The summed E-state index contributed by atoms with van der Waals surface area (Å²) in [6.07, 6.45) is 3.16. The van der Waals surface area contributed by atoms with Gasteiger partial charge in [-0.25, -0.2) is 0 Å². The maximum Gasteiger partial charge on any atom is 0.191 e. The molecule has 0 aliphatic carbocycles. The molecule has 1 aromatic heterocycles. The zero-order valence-electron chi connectivity index (χ0n) is 15.2. The van der Waals surface area contributed by atoms with Crippen LogP contribution in [-0.4, -0.2) is 49.9 Å². The molecule has 1 atom stereocenters. The molecule has 24 heavy (non-hydrogen) atoms. The van der Waals surface area contributed by atoms with E-state index in [1.807, 2.05) is 11.3 Å². The zero-order chi connectivity index (χ0) is 17.4. The third-order valence-electron chi connectivity index (χ3n) is 4.85. The second-order valence-electron chi connectivity index (χ2n) is 6.87. The van der Waals surface area contributed by atoms with Gasteiger partial charge in [0.2, 0.25) is 0 Å². The standard InChI is InChI=1S/C18H32N4OS/c1-4-18(3,14-23)13-20-17(19-5-2)21-15-8-10-22(11-9-15)16-7-6-12-24-16/h6-7,12,15,23H,4-5,8-11,13-14H2,1-3H3,(H2,19,20,21). The molecule has 1 fully saturated rings. The Balaban J connectivity index is 1.87. The van der Waals surface area contributed by atoms with Crippen molar-refractivity contribution in [1.82, 2.24) is 10.6 Å². The molecular formula is C18H32N4OS. The molecule has 0 aromatic carbocycles. The highest BCUT2D eigenvalue weighted by Crippen LogP contribution is 2.25. The highest BCUT2D eigenvalue weighted by atomic mass is 32.1. The monoisotopic (exact) mass is 352 g/mol. The van der Waals surface area contributed by atoms with E-state index in [1.165, 1.54) is 5.00 Å². The van der Waals surface area contributed by atoms with Crippen LogP contribution in [0.1, 0.15) is 40.0 Å². The average molecular weight is 353 g/mol. The van der Waals surface area contributed by atoms with Gasteiger partial charge in [-0.1, -0.05) is 13.8 Å². The van der Waals surface area contributed by atoms with Crippen molar-refractivity contribution < 1.29 is 5.11 Å². The first kappa shape index (κ1) is 19.1. The minimum Gasteiger partial charge on any atom is -0.396 e. The largest absolute Gasteiger partial charge is 0.396 e. The van der Waals surface area contributed by atoms with Crippen LogP contribution in [0.3, 0.4) is 0 Å². The number of guanidine groups is 1. The van der Waals surface area contributed by atoms with Crippen molar-refractivity contribution >= 4 is 22.3 Å². The lowest BCUT2D eigenvalue weighted by Gasteiger charge is -2.34. The smallest absolute Gasteiger partial charge is 0.191 e. The zero-order valence-corrected chi connectivity index (χ0v) is 16.0. The molecule has 6 heteroatoms. The molecule has 136 valence electrons. The molecule has 1 aliphatic heterocycles. The van der Waals surface area contributed by atoms with Gasteiger partial charge in [0.25, 0.3) is 0 Å². The van der Waals surface area contributed by atoms with Crippen molar-refractivity contribution in [1.29, 1.82) is 0 Å². The number of aliphatic hydroxyl groups excluding tert-OH is 1. The van der Waals surface area contributed by atoms with Gasteiger partial charge in [0.15, 0.2) is 5.96 Å². The summed E-state index contributed by atoms with van der Waals surface area (Å²) >= 11 is 1.81. The normalized spacial score (nSPS) is 19.2. The Hall–Kier alpha value is -1.27. The van der Waals surface area contributed by atoms with Crippen LogP contribution in [0.15, 0.2) is 22.5 Å². The third kappa shape index (κ3) is 5.38. The van der Waals surface area contributed by atoms with E-state index in [-0.39, 0.29) is 12.0 Å². The summed E-state index contributed by atoms with van der Waals surface area (Å²) in [6, 6.07) is 4.78. The summed E-state index contributed by atoms with van der Waals surface area (Å²) < 4.78 is 0. The lowest BCUT2D eigenvalue weighted by Crippen LogP contribution is -2.49. The number of anilines is 1. The van der Waals surface area contributed by atoms with Gasteiger partial charge in [0.1, 0.15) is 0 Å². The van der Waals surface area contributed by atoms with Gasteiger partial charge in [-0.15, -0.1) is 11.3 Å². The van der Waals surface area contributed by atoms with Gasteiger partial charge in [-0.05, 0) is 43.7 Å². The van der Waals surface area contributed by atoms with Crippen molar-refractivity contribution in [2.45, 2.75) is 46.1 Å². The topological polar surface area (TPSA) is 59.9 Å². The second-order valence-corrected chi connectivity index (χ2v) is 7.80. The molecule has 1 aliphatic rings. The number of hydrogen-bond donors (Lipinski definition) is 3. The van der Waals surface area contributed by atoms with Crippen LogP contribution in [-0.2, 0) is 0 Å². The third-order valence-corrected chi connectivity index (χ3v) is 5.78. The summed E-state index contributed by atoms with van der Waals surface area (Å²) in [4.78, 5) is 7.18. The van der Waals surface area contributed by atoms with E-state index in [0.717, 1.165) is 44.9 Å². The molecule has 5 nitrogen and oxygen atoms in total. The molecule has 0 radical (unpaired) electrons. The maximum atomic E-state index is 9.55. The van der Waals surface area contributed by atoms with E-state index >= 15 is 0 Å². The number of thiophene rings is 1. The van der Waals surface area contributed by atoms with Crippen LogP contribution < -0.4 is 15.5 Å². The van der Waals surface area contributed by atoms with Crippen LogP contribution >= 0.6 is 11.3 Å². The number of aliphatic imine (C=N–C) groups is 1. The van der Waals surface area contributed by atoms with Crippen molar-refractivity contribution in [2.75, 3.05) is 37.7 Å². The van der Waals surface area contributed by atoms with E-state index in [2.05, 4.69) is 53.8 Å². The predicted octanol–water partition coefficient (Wildman–Crippen LogP) is 2.68. The number of nitrogens with zero attached hydrogens (tertiary/aromatic N) is 2. The fourth-order valence-electron chi connectivity index (χ4n) is 2.75. The molecule has 0 amide bonds. The molecule has 3 N–H and O–H groups in total. The van der Waals surface area contributed by atoms with E-state index in [0.29, 0.717) is 12.6 Å². The summed E-state index contributed by atoms with van der Waals surface area (Å²) in [5, 5.41) is 20.0. The van der Waals surface area contributed by atoms with Crippen LogP contribution in [0, 0.1) is 5.41 Å². The van der Waals surface area contributed by atoms with Crippen molar-refractivity contribution in [3.8, 4) is 0 Å². The van der Waals surface area contributed by atoms with Gasteiger partial charge < -0.3 is 20.6 Å². The molecule has 2 heterocycles. The fraction of sp³-hybridized carbons (Fsp3) is 0.722. The SMILES string of the molecule is CCNC(=NCC(C)(CC)CO)NC1CCN(c2cccs2)CC1. The fourth-order valence-corrected chi connectivity index (χ4v) is 3.54. The molecule has 0 spiro atoms. The summed E-state index contributed by atoms with van der Waals surface area (Å²) in [5.74, 6) is 0.875. The van der Waals surface area contributed by atoms with E-state index in [9.17, 15) is 5.11 Å². The Bertz CT molecular complexity index is 491. The van der Waals surface area contributed by atoms with Crippen molar-refractivity contribution in [3.63, 3.8) is 0 Å². The van der Waals surface area contributed by atoms with Crippen LogP contribution in [0.2, 0.25) is 0 Å². The van der Waals surface area contributed by atoms with Crippen LogP contribution in [0.5, 0.6) is 0 Å². The summed E-state index contributed by atoms with van der Waals surface area (Å²) in [6.45, 7) is 10.1. The Kier molecular flexibility index (Phi) is 7.37. The Morgan fingerprint density at radius 2 is 2.17 bits per heavy atom. The predicted molar refractivity (Wildman–Crippen MR) is 104 cm³/mol. The highest BCUT2D eigenvalue weighted by molar-refractivity contribution is 7.14. The number of rotatable bonds is 7. The Morgan fingerprint density at radius 1 is 1.42 bits per heavy atom. The number of aliphatic hydroxyl groups is 1.